The molecule has 2 aliphatic rings. The highest BCUT2D eigenvalue weighted by Gasteiger charge is 2.45. The predicted octanol–water partition coefficient (Wildman–Crippen LogP) is 1.69. The second-order valence-corrected chi connectivity index (χ2v) is 5.51. The molecule has 4 heteroatoms. The fourth-order valence-corrected chi connectivity index (χ4v) is 2.98. The number of rotatable bonds is 6. The van der Waals surface area contributed by atoms with E-state index >= 15 is 0 Å². The molecule has 0 spiro atoms. The maximum Gasteiger partial charge on any atom is 0.247 e. The molecule has 0 radical (unpaired) electrons. The minimum absolute atomic E-state index is 0.0000940. The Morgan fingerprint density at radius 2 is 1.94 bits per heavy atom. The molecule has 1 aliphatic carbocycles. The zero-order valence-corrected chi connectivity index (χ0v) is 11.6. The summed E-state index contributed by atoms with van der Waals surface area (Å²) in [6.07, 6.45) is 4.36. The lowest BCUT2D eigenvalue weighted by atomic mass is 10.1. The van der Waals surface area contributed by atoms with Gasteiger partial charge in [0.2, 0.25) is 11.8 Å². The lowest BCUT2D eigenvalue weighted by Gasteiger charge is -2.24. The van der Waals surface area contributed by atoms with Crippen LogP contribution in [0.1, 0.15) is 52.9 Å². The Morgan fingerprint density at radius 1 is 1.28 bits per heavy atom. The molecule has 1 N–H and O–H groups in total. The summed E-state index contributed by atoms with van der Waals surface area (Å²) in [6.45, 7) is 6.23. The molecule has 1 heterocycles. The van der Waals surface area contributed by atoms with E-state index in [9.17, 15) is 9.59 Å². The third-order valence-electron chi connectivity index (χ3n) is 4.35. The monoisotopic (exact) mass is 252 g/mol. The topological polar surface area (TPSA) is 49.4 Å². The highest BCUT2D eigenvalue weighted by Crippen LogP contribution is 2.34. The first-order valence-electron chi connectivity index (χ1n) is 7.24. The molecule has 0 bridgehead atoms. The van der Waals surface area contributed by atoms with Crippen LogP contribution in [0.5, 0.6) is 0 Å². The van der Waals surface area contributed by atoms with Crippen molar-refractivity contribution >= 4 is 11.8 Å². The predicted molar refractivity (Wildman–Crippen MR) is 69.9 cm³/mol. The van der Waals surface area contributed by atoms with Gasteiger partial charge >= 0.3 is 0 Å². The van der Waals surface area contributed by atoms with Gasteiger partial charge in [0.1, 0.15) is 0 Å². The van der Waals surface area contributed by atoms with Crippen LogP contribution in [-0.2, 0) is 9.59 Å². The summed E-state index contributed by atoms with van der Waals surface area (Å²) in [5.41, 5.74) is 0. The Bertz CT molecular complexity index is 339. The zero-order chi connectivity index (χ0) is 13.3. The molecule has 102 valence electrons. The first-order chi connectivity index (χ1) is 8.62. The van der Waals surface area contributed by atoms with Crippen LogP contribution in [0.2, 0.25) is 0 Å². The summed E-state index contributed by atoms with van der Waals surface area (Å²) >= 11 is 0. The third kappa shape index (κ3) is 2.44. The number of nitrogens with one attached hydrogen (secondary N) is 1. The van der Waals surface area contributed by atoms with E-state index in [4.69, 9.17) is 0 Å². The molecule has 2 rings (SSSR count). The minimum atomic E-state index is -0.264. The number of carbonyl (C=O) groups is 2. The fourth-order valence-electron chi connectivity index (χ4n) is 2.98. The lowest BCUT2D eigenvalue weighted by molar-refractivity contribution is -0.141. The molecule has 1 saturated heterocycles. The van der Waals surface area contributed by atoms with Gasteiger partial charge in [-0.2, -0.15) is 0 Å². The second-order valence-electron chi connectivity index (χ2n) is 5.51. The Kier molecular flexibility index (Phi) is 4.05. The quantitative estimate of drug-likeness (QED) is 0.732. The van der Waals surface area contributed by atoms with Crippen molar-refractivity contribution < 1.29 is 9.59 Å². The van der Waals surface area contributed by atoms with E-state index < -0.39 is 0 Å². The van der Waals surface area contributed by atoms with Gasteiger partial charge in [-0.3, -0.25) is 14.5 Å². The minimum Gasteiger partial charge on any atom is -0.302 e. The van der Waals surface area contributed by atoms with Gasteiger partial charge in [-0.15, -0.1) is 0 Å². The first kappa shape index (κ1) is 13.5. The number of imide groups is 1. The van der Waals surface area contributed by atoms with E-state index in [2.05, 4.69) is 12.2 Å². The summed E-state index contributed by atoms with van der Waals surface area (Å²) in [4.78, 5) is 25.7. The van der Waals surface area contributed by atoms with Crippen molar-refractivity contribution in [3.05, 3.63) is 0 Å². The molecule has 0 aromatic heterocycles. The van der Waals surface area contributed by atoms with Crippen molar-refractivity contribution in [2.24, 2.45) is 5.92 Å². The largest absolute Gasteiger partial charge is 0.302 e. The van der Waals surface area contributed by atoms with Crippen LogP contribution in [0.25, 0.3) is 0 Å². The van der Waals surface area contributed by atoms with Gasteiger partial charge in [-0.1, -0.05) is 27.2 Å². The van der Waals surface area contributed by atoms with Crippen LogP contribution in [-0.4, -0.2) is 34.8 Å². The van der Waals surface area contributed by atoms with E-state index in [1.54, 1.807) is 0 Å². The van der Waals surface area contributed by atoms with Crippen LogP contribution in [0.4, 0.5) is 0 Å². The summed E-state index contributed by atoms with van der Waals surface area (Å²) in [7, 11) is 0. The molecule has 4 nitrogen and oxygen atoms in total. The van der Waals surface area contributed by atoms with Gasteiger partial charge in [0.15, 0.2) is 0 Å². The van der Waals surface area contributed by atoms with E-state index in [-0.39, 0.29) is 23.9 Å². The van der Waals surface area contributed by atoms with Crippen molar-refractivity contribution in [1.82, 2.24) is 10.2 Å². The summed E-state index contributed by atoms with van der Waals surface area (Å²) in [6, 6.07) is 0.274. The third-order valence-corrected chi connectivity index (χ3v) is 4.35. The smallest absolute Gasteiger partial charge is 0.247 e. The highest BCUT2D eigenvalue weighted by molar-refractivity contribution is 6.05. The van der Waals surface area contributed by atoms with Crippen molar-refractivity contribution in [1.29, 1.82) is 0 Å². The Labute approximate surface area is 109 Å². The lowest BCUT2D eigenvalue weighted by Crippen LogP contribution is -2.44. The highest BCUT2D eigenvalue weighted by atomic mass is 16.2. The maximum atomic E-state index is 12.3. The number of nitrogens with zero attached hydrogens (tertiary/aromatic N) is 1. The molecule has 1 aliphatic heterocycles. The molecule has 0 aromatic rings. The molecule has 2 fully saturated rings. The number of carbonyl (C=O) groups excluding carboxylic acids is 2. The van der Waals surface area contributed by atoms with E-state index in [1.807, 2.05) is 13.8 Å². The Hall–Kier alpha value is -0.900. The molecule has 3 unspecified atom stereocenters. The van der Waals surface area contributed by atoms with Crippen LogP contribution >= 0.6 is 0 Å². The number of likely N-dealkylation sites (tertiary alicyclic amines) is 1. The SMILES string of the molecule is CCC1CC1NC1CC(=O)N(C(CC)CC)C1=O. The van der Waals surface area contributed by atoms with Crippen LogP contribution in [0.3, 0.4) is 0 Å². The van der Waals surface area contributed by atoms with E-state index in [1.165, 1.54) is 4.90 Å². The van der Waals surface area contributed by atoms with E-state index in [0.29, 0.717) is 18.4 Å². The normalized spacial score (nSPS) is 31.6. The number of hydrogen-bond acceptors (Lipinski definition) is 3. The Morgan fingerprint density at radius 3 is 2.44 bits per heavy atom. The van der Waals surface area contributed by atoms with Gasteiger partial charge in [0.05, 0.1) is 12.5 Å². The van der Waals surface area contributed by atoms with Crippen molar-refractivity contribution in [2.75, 3.05) is 0 Å². The zero-order valence-electron chi connectivity index (χ0n) is 11.6. The summed E-state index contributed by atoms with van der Waals surface area (Å²) < 4.78 is 0. The van der Waals surface area contributed by atoms with Crippen molar-refractivity contribution in [2.45, 2.75) is 71.0 Å². The van der Waals surface area contributed by atoms with Gasteiger partial charge in [0.25, 0.3) is 0 Å². The van der Waals surface area contributed by atoms with Crippen LogP contribution < -0.4 is 5.32 Å². The second kappa shape index (κ2) is 5.39. The van der Waals surface area contributed by atoms with Crippen molar-refractivity contribution in [3.8, 4) is 0 Å². The molecule has 3 atom stereocenters. The summed E-state index contributed by atoms with van der Waals surface area (Å²) in [5, 5.41) is 3.35. The van der Waals surface area contributed by atoms with Gasteiger partial charge in [-0.25, -0.2) is 0 Å². The first-order valence-corrected chi connectivity index (χ1v) is 7.24. The van der Waals surface area contributed by atoms with Gasteiger partial charge in [0, 0.05) is 12.1 Å². The average molecular weight is 252 g/mol. The number of amides is 2. The molecule has 0 aromatic carbocycles. The van der Waals surface area contributed by atoms with Gasteiger partial charge in [-0.05, 0) is 25.2 Å². The van der Waals surface area contributed by atoms with Crippen molar-refractivity contribution in [3.63, 3.8) is 0 Å². The maximum absolute atomic E-state index is 12.3. The van der Waals surface area contributed by atoms with Crippen LogP contribution in [0.15, 0.2) is 0 Å². The van der Waals surface area contributed by atoms with E-state index in [0.717, 1.165) is 25.7 Å². The number of hydrogen-bond donors (Lipinski definition) is 1. The van der Waals surface area contributed by atoms with Gasteiger partial charge < -0.3 is 5.32 Å². The standard InChI is InChI=1S/C14H24N2O2/c1-4-9-7-11(9)15-12-8-13(17)16(14(12)18)10(5-2)6-3/h9-12,15H,4-8H2,1-3H3. The Balaban J connectivity index is 1.96. The molecule has 2 amide bonds. The molecule has 18 heavy (non-hydrogen) atoms. The van der Waals surface area contributed by atoms with Crippen LogP contribution in [0, 0.1) is 5.92 Å². The molecular formula is C14H24N2O2. The summed E-state index contributed by atoms with van der Waals surface area (Å²) in [5.74, 6) is 0.699. The molecule has 1 saturated carbocycles. The molecular weight excluding hydrogens is 228 g/mol. The average Bonchev–Trinajstić information content (AvgIpc) is 3.06. The fraction of sp³-hybridized carbons (Fsp3) is 0.857.